The molecule has 0 radical (unpaired) electrons. The van der Waals surface area contributed by atoms with Crippen LogP contribution in [0.1, 0.15) is 5.56 Å². The smallest absolute Gasteiger partial charge is 0.245 e. The molecule has 4 rings (SSSR count). The molecule has 0 spiro atoms. The van der Waals surface area contributed by atoms with Gasteiger partial charge in [-0.2, -0.15) is 10.1 Å². The Labute approximate surface area is 170 Å². The number of benzene rings is 2. The monoisotopic (exact) mass is 487 g/mol. The molecule has 0 saturated carbocycles. The summed E-state index contributed by atoms with van der Waals surface area (Å²) in [4.78, 5) is 8.76. The van der Waals surface area contributed by atoms with Crippen molar-refractivity contribution < 1.29 is 4.63 Å². The van der Waals surface area contributed by atoms with Gasteiger partial charge in [-0.1, -0.05) is 50.1 Å². The van der Waals surface area contributed by atoms with Gasteiger partial charge in [0.1, 0.15) is 0 Å². The van der Waals surface area contributed by atoms with Gasteiger partial charge in [-0.15, -0.1) is 0 Å². The van der Waals surface area contributed by atoms with Crippen molar-refractivity contribution in [1.29, 1.82) is 0 Å². The van der Waals surface area contributed by atoms with E-state index in [0.29, 0.717) is 17.3 Å². The molecular formula is C17H11Br2N7O. The van der Waals surface area contributed by atoms with Crippen LogP contribution in [-0.2, 0) is 0 Å². The second-order valence-electron chi connectivity index (χ2n) is 5.39. The van der Waals surface area contributed by atoms with E-state index in [-0.39, 0.29) is 5.65 Å². The van der Waals surface area contributed by atoms with E-state index in [1.807, 2.05) is 48.5 Å². The van der Waals surface area contributed by atoms with Crippen molar-refractivity contribution in [3.8, 4) is 0 Å². The highest BCUT2D eigenvalue weighted by Gasteiger charge is 2.12. The molecule has 2 N–H and O–H groups in total. The molecule has 0 aliphatic carbocycles. The molecule has 2 heterocycles. The Kier molecular flexibility index (Phi) is 5.07. The summed E-state index contributed by atoms with van der Waals surface area (Å²) in [6, 6.07) is 15.4. The highest BCUT2D eigenvalue weighted by molar-refractivity contribution is 9.10. The first kappa shape index (κ1) is 17.6. The van der Waals surface area contributed by atoms with Crippen LogP contribution in [0.4, 0.5) is 17.3 Å². The van der Waals surface area contributed by atoms with Gasteiger partial charge in [0, 0.05) is 14.6 Å². The lowest BCUT2D eigenvalue weighted by Gasteiger charge is -2.09. The van der Waals surface area contributed by atoms with Crippen molar-refractivity contribution in [2.24, 2.45) is 5.10 Å². The average Bonchev–Trinajstić information content (AvgIpc) is 3.11. The standard InChI is InChI=1S/C17H11Br2N7O/c18-11-6-4-10(5-7-11)9-20-24-15-14(21-13-3-1-2-12(19)8-13)22-16-17(23-15)26-27-25-16/h1-9H,(H,21,22,25)(H,23,24,26)/b20-9+. The van der Waals surface area contributed by atoms with Gasteiger partial charge < -0.3 is 5.32 Å². The third kappa shape index (κ3) is 4.29. The number of fused-ring (bicyclic) bond motifs is 1. The molecule has 0 aliphatic heterocycles. The van der Waals surface area contributed by atoms with Crippen LogP contribution in [0, 0.1) is 0 Å². The lowest BCUT2D eigenvalue weighted by Crippen LogP contribution is -2.03. The van der Waals surface area contributed by atoms with Crippen LogP contribution in [0.25, 0.3) is 11.3 Å². The Morgan fingerprint density at radius 3 is 2.37 bits per heavy atom. The summed E-state index contributed by atoms with van der Waals surface area (Å²) in [5.74, 6) is 0.843. The van der Waals surface area contributed by atoms with Crippen LogP contribution >= 0.6 is 31.9 Å². The maximum Gasteiger partial charge on any atom is 0.245 e. The van der Waals surface area contributed by atoms with Crippen molar-refractivity contribution in [3.05, 3.63) is 63.0 Å². The number of hydrazone groups is 1. The fourth-order valence-corrected chi connectivity index (χ4v) is 2.89. The summed E-state index contributed by atoms with van der Waals surface area (Å²) in [6.45, 7) is 0. The number of aromatic nitrogens is 4. The molecule has 0 saturated heterocycles. The van der Waals surface area contributed by atoms with Crippen LogP contribution < -0.4 is 10.7 Å². The summed E-state index contributed by atoms with van der Waals surface area (Å²) in [6.07, 6.45) is 1.68. The third-order valence-electron chi connectivity index (χ3n) is 3.46. The quantitative estimate of drug-likeness (QED) is 0.309. The fourth-order valence-electron chi connectivity index (χ4n) is 2.22. The summed E-state index contributed by atoms with van der Waals surface area (Å²) < 4.78 is 6.64. The predicted molar refractivity (Wildman–Crippen MR) is 110 cm³/mol. The average molecular weight is 489 g/mol. The number of hydrogen-bond donors (Lipinski definition) is 2. The first-order chi connectivity index (χ1) is 13.2. The fraction of sp³-hybridized carbons (Fsp3) is 0. The normalized spacial score (nSPS) is 11.2. The van der Waals surface area contributed by atoms with Crippen molar-refractivity contribution in [3.63, 3.8) is 0 Å². The number of hydrogen-bond acceptors (Lipinski definition) is 8. The van der Waals surface area contributed by atoms with Crippen molar-refractivity contribution in [2.45, 2.75) is 0 Å². The van der Waals surface area contributed by atoms with E-state index in [9.17, 15) is 0 Å². The number of anilines is 3. The van der Waals surface area contributed by atoms with Gasteiger partial charge in [-0.25, -0.2) is 9.61 Å². The molecule has 8 nitrogen and oxygen atoms in total. The second kappa shape index (κ2) is 7.80. The molecule has 0 unspecified atom stereocenters. The van der Waals surface area contributed by atoms with E-state index in [0.717, 1.165) is 20.2 Å². The van der Waals surface area contributed by atoms with Crippen LogP contribution in [-0.4, -0.2) is 26.5 Å². The van der Waals surface area contributed by atoms with E-state index in [4.69, 9.17) is 4.63 Å². The van der Waals surface area contributed by atoms with E-state index >= 15 is 0 Å². The van der Waals surface area contributed by atoms with Gasteiger partial charge in [0.25, 0.3) is 0 Å². The molecular weight excluding hydrogens is 478 g/mol. The summed E-state index contributed by atoms with van der Waals surface area (Å²) in [7, 11) is 0. The van der Waals surface area contributed by atoms with Crippen molar-refractivity contribution in [2.75, 3.05) is 10.7 Å². The first-order valence-electron chi connectivity index (χ1n) is 7.75. The molecule has 2 aromatic heterocycles. The Morgan fingerprint density at radius 1 is 0.889 bits per heavy atom. The zero-order valence-corrected chi connectivity index (χ0v) is 16.8. The van der Waals surface area contributed by atoms with E-state index in [1.54, 1.807) is 6.21 Å². The van der Waals surface area contributed by atoms with E-state index in [1.165, 1.54) is 0 Å². The number of nitrogens with one attached hydrogen (secondary N) is 2. The minimum absolute atomic E-state index is 0.288. The topological polar surface area (TPSA) is 101 Å². The van der Waals surface area contributed by atoms with Crippen LogP contribution in [0.15, 0.2) is 67.2 Å². The minimum Gasteiger partial charge on any atom is -0.337 e. The molecule has 10 heteroatoms. The molecule has 0 aliphatic rings. The molecule has 4 aromatic rings. The first-order valence-corrected chi connectivity index (χ1v) is 9.33. The second-order valence-corrected chi connectivity index (χ2v) is 7.22. The predicted octanol–water partition coefficient (Wildman–Crippen LogP) is 4.73. The summed E-state index contributed by atoms with van der Waals surface area (Å²) in [5, 5.41) is 14.9. The number of halogens is 2. The molecule has 0 bridgehead atoms. The molecule has 27 heavy (non-hydrogen) atoms. The third-order valence-corrected chi connectivity index (χ3v) is 4.48. The SMILES string of the molecule is Brc1ccc(/C=N/Nc2nc3nonc3nc2Nc2cccc(Br)c2)cc1. The van der Waals surface area contributed by atoms with Crippen molar-refractivity contribution >= 4 is 66.7 Å². The van der Waals surface area contributed by atoms with Gasteiger partial charge in [0.2, 0.25) is 11.3 Å². The zero-order chi connectivity index (χ0) is 18.6. The minimum atomic E-state index is 0.288. The lowest BCUT2D eigenvalue weighted by molar-refractivity contribution is 0.314. The lowest BCUT2D eigenvalue weighted by atomic mass is 10.2. The Morgan fingerprint density at radius 2 is 1.63 bits per heavy atom. The van der Waals surface area contributed by atoms with Gasteiger partial charge in [-0.3, -0.25) is 5.43 Å². The van der Waals surface area contributed by atoms with Crippen LogP contribution in [0.3, 0.4) is 0 Å². The van der Waals surface area contributed by atoms with Crippen LogP contribution in [0.5, 0.6) is 0 Å². The highest BCUT2D eigenvalue weighted by atomic mass is 79.9. The zero-order valence-electron chi connectivity index (χ0n) is 13.6. The summed E-state index contributed by atoms with van der Waals surface area (Å²) >= 11 is 6.85. The van der Waals surface area contributed by atoms with Gasteiger partial charge in [0.05, 0.1) is 6.21 Å². The van der Waals surface area contributed by atoms with Crippen LogP contribution in [0.2, 0.25) is 0 Å². The van der Waals surface area contributed by atoms with Gasteiger partial charge >= 0.3 is 0 Å². The molecule has 0 fully saturated rings. The van der Waals surface area contributed by atoms with E-state index in [2.05, 4.69) is 68.0 Å². The Bertz CT molecular complexity index is 1110. The highest BCUT2D eigenvalue weighted by Crippen LogP contribution is 2.25. The molecule has 0 amide bonds. The largest absolute Gasteiger partial charge is 0.337 e. The number of nitrogens with zero attached hydrogens (tertiary/aromatic N) is 5. The number of rotatable bonds is 5. The molecule has 2 aromatic carbocycles. The summed E-state index contributed by atoms with van der Waals surface area (Å²) in [5.41, 5.74) is 5.25. The van der Waals surface area contributed by atoms with E-state index < -0.39 is 0 Å². The molecule has 134 valence electrons. The molecule has 0 atom stereocenters. The van der Waals surface area contributed by atoms with Gasteiger partial charge in [0.15, 0.2) is 11.6 Å². The maximum absolute atomic E-state index is 4.70. The van der Waals surface area contributed by atoms with Crippen molar-refractivity contribution in [1.82, 2.24) is 20.3 Å². The Balaban J connectivity index is 1.62. The Hall–Kier alpha value is -2.85. The van der Waals surface area contributed by atoms with Gasteiger partial charge in [-0.05, 0) is 46.2 Å². The maximum atomic E-state index is 4.70.